The van der Waals surface area contributed by atoms with E-state index >= 15 is 0 Å². The van der Waals surface area contributed by atoms with Crippen LogP contribution in [0.1, 0.15) is 26.7 Å². The summed E-state index contributed by atoms with van der Waals surface area (Å²) in [7, 11) is -3.04. The summed E-state index contributed by atoms with van der Waals surface area (Å²) in [5, 5.41) is 2.19. The summed E-state index contributed by atoms with van der Waals surface area (Å²) in [4.78, 5) is 36.7. The van der Waals surface area contributed by atoms with Crippen molar-refractivity contribution in [3.8, 4) is 0 Å². The maximum absolute atomic E-state index is 12.3. The number of piperazine rings is 1. The van der Waals surface area contributed by atoms with E-state index in [2.05, 4.69) is 5.32 Å². The number of hydrogen-bond donors (Lipinski definition) is 1. The standard InChI is InChI=1S/C12H18N2O5S/c1-12(2)11(17)13-9(15)6-14(12)10(16)5-8-3-4-20(18,19)7-8/h8H,3-7H2,1-2H3,(H,13,15,17). The minimum Gasteiger partial charge on any atom is -0.319 e. The maximum atomic E-state index is 12.3. The van der Waals surface area contributed by atoms with Gasteiger partial charge in [0.15, 0.2) is 9.84 Å². The fourth-order valence-electron chi connectivity index (χ4n) is 2.57. The van der Waals surface area contributed by atoms with Gasteiger partial charge < -0.3 is 4.90 Å². The van der Waals surface area contributed by atoms with Crippen molar-refractivity contribution in [1.29, 1.82) is 0 Å². The molecule has 0 bridgehead atoms. The van der Waals surface area contributed by atoms with E-state index in [0.29, 0.717) is 6.42 Å². The topological polar surface area (TPSA) is 101 Å². The van der Waals surface area contributed by atoms with Crippen molar-refractivity contribution in [2.24, 2.45) is 5.92 Å². The number of amides is 3. The average Bonchev–Trinajstić information content (AvgIpc) is 2.63. The summed E-state index contributed by atoms with van der Waals surface area (Å²) in [6.07, 6.45) is 0.520. The largest absolute Gasteiger partial charge is 0.319 e. The predicted molar refractivity (Wildman–Crippen MR) is 70.3 cm³/mol. The first-order chi connectivity index (χ1) is 9.12. The molecule has 1 unspecified atom stereocenters. The van der Waals surface area contributed by atoms with E-state index < -0.39 is 27.2 Å². The van der Waals surface area contributed by atoms with E-state index in [9.17, 15) is 22.8 Å². The quantitative estimate of drug-likeness (QED) is 0.665. The molecule has 0 aromatic carbocycles. The fourth-order valence-corrected chi connectivity index (χ4v) is 4.43. The van der Waals surface area contributed by atoms with Crippen LogP contribution < -0.4 is 5.32 Å². The molecule has 1 atom stereocenters. The van der Waals surface area contributed by atoms with Crippen LogP contribution in [0.2, 0.25) is 0 Å². The highest BCUT2D eigenvalue weighted by Crippen LogP contribution is 2.25. The second-order valence-electron chi connectivity index (χ2n) is 5.89. The first-order valence-electron chi connectivity index (χ1n) is 6.47. The smallest absolute Gasteiger partial charge is 0.252 e. The van der Waals surface area contributed by atoms with Crippen molar-refractivity contribution < 1.29 is 22.8 Å². The zero-order valence-electron chi connectivity index (χ0n) is 11.5. The lowest BCUT2D eigenvalue weighted by atomic mass is 9.96. The Morgan fingerprint density at radius 1 is 1.40 bits per heavy atom. The molecule has 2 fully saturated rings. The second-order valence-corrected chi connectivity index (χ2v) is 8.12. The Morgan fingerprint density at radius 3 is 2.60 bits per heavy atom. The molecule has 0 radical (unpaired) electrons. The fraction of sp³-hybridized carbons (Fsp3) is 0.750. The molecule has 0 aromatic heterocycles. The minimum absolute atomic E-state index is 0.00709. The third kappa shape index (κ3) is 2.84. The van der Waals surface area contributed by atoms with Crippen LogP contribution >= 0.6 is 0 Å². The van der Waals surface area contributed by atoms with Crippen molar-refractivity contribution in [2.75, 3.05) is 18.1 Å². The number of nitrogens with one attached hydrogen (secondary N) is 1. The van der Waals surface area contributed by atoms with Gasteiger partial charge in [0.2, 0.25) is 11.8 Å². The second kappa shape index (κ2) is 4.83. The molecule has 0 saturated carbocycles. The Labute approximate surface area is 117 Å². The van der Waals surface area contributed by atoms with Gasteiger partial charge in [0.1, 0.15) is 12.1 Å². The number of nitrogens with zero attached hydrogens (tertiary/aromatic N) is 1. The van der Waals surface area contributed by atoms with Crippen molar-refractivity contribution in [3.05, 3.63) is 0 Å². The molecule has 0 aromatic rings. The number of carbonyl (C=O) groups excluding carboxylic acids is 3. The summed E-state index contributed by atoms with van der Waals surface area (Å²) in [5.41, 5.74) is -1.09. The normalized spacial score (nSPS) is 28.3. The van der Waals surface area contributed by atoms with E-state index in [1.807, 2.05) is 0 Å². The molecule has 3 amide bonds. The van der Waals surface area contributed by atoms with Gasteiger partial charge in [-0.15, -0.1) is 0 Å². The molecule has 0 aliphatic carbocycles. The summed E-state index contributed by atoms with van der Waals surface area (Å²) in [6, 6.07) is 0. The van der Waals surface area contributed by atoms with E-state index in [-0.39, 0.29) is 36.3 Å². The van der Waals surface area contributed by atoms with Crippen molar-refractivity contribution in [3.63, 3.8) is 0 Å². The van der Waals surface area contributed by atoms with E-state index in [0.717, 1.165) is 0 Å². The summed E-state index contributed by atoms with van der Waals surface area (Å²) in [6.45, 7) is 2.97. The molecule has 2 aliphatic rings. The van der Waals surface area contributed by atoms with Crippen LogP contribution in [-0.4, -0.2) is 54.6 Å². The lowest BCUT2D eigenvalue weighted by Crippen LogP contribution is -2.65. The third-order valence-electron chi connectivity index (χ3n) is 3.88. The third-order valence-corrected chi connectivity index (χ3v) is 5.71. The molecule has 112 valence electrons. The van der Waals surface area contributed by atoms with Gasteiger partial charge in [0.05, 0.1) is 11.5 Å². The molecule has 7 nitrogen and oxygen atoms in total. The van der Waals surface area contributed by atoms with Crippen LogP contribution in [0.25, 0.3) is 0 Å². The molecule has 0 spiro atoms. The molecular weight excluding hydrogens is 284 g/mol. The number of carbonyl (C=O) groups is 3. The number of imide groups is 1. The summed E-state index contributed by atoms with van der Waals surface area (Å²) < 4.78 is 22.8. The molecule has 20 heavy (non-hydrogen) atoms. The summed E-state index contributed by atoms with van der Waals surface area (Å²) in [5.74, 6) is -1.48. The van der Waals surface area contributed by atoms with Gasteiger partial charge in [-0.1, -0.05) is 0 Å². The zero-order valence-corrected chi connectivity index (χ0v) is 12.3. The highest BCUT2D eigenvalue weighted by atomic mass is 32.2. The lowest BCUT2D eigenvalue weighted by molar-refractivity contribution is -0.156. The Morgan fingerprint density at radius 2 is 2.05 bits per heavy atom. The lowest BCUT2D eigenvalue weighted by Gasteiger charge is -2.40. The SMILES string of the molecule is CC1(C)C(=O)NC(=O)CN1C(=O)CC1CCS(=O)(=O)C1. The zero-order chi connectivity index (χ0) is 15.1. The van der Waals surface area contributed by atoms with Gasteiger partial charge in [-0.05, 0) is 26.2 Å². The number of sulfone groups is 1. The van der Waals surface area contributed by atoms with Gasteiger partial charge in [-0.2, -0.15) is 0 Å². The highest BCUT2D eigenvalue weighted by Gasteiger charge is 2.44. The van der Waals surface area contributed by atoms with E-state index in [4.69, 9.17) is 0 Å². The van der Waals surface area contributed by atoms with Crippen molar-refractivity contribution in [1.82, 2.24) is 10.2 Å². The van der Waals surface area contributed by atoms with Gasteiger partial charge in [-0.3, -0.25) is 19.7 Å². The van der Waals surface area contributed by atoms with Gasteiger partial charge in [0.25, 0.3) is 5.91 Å². The van der Waals surface area contributed by atoms with Gasteiger partial charge >= 0.3 is 0 Å². The van der Waals surface area contributed by atoms with Crippen LogP contribution in [0, 0.1) is 5.92 Å². The average molecular weight is 302 g/mol. The molecule has 1 N–H and O–H groups in total. The monoisotopic (exact) mass is 302 g/mol. The Kier molecular flexibility index (Phi) is 3.62. The van der Waals surface area contributed by atoms with Crippen molar-refractivity contribution in [2.45, 2.75) is 32.2 Å². The van der Waals surface area contributed by atoms with Crippen LogP contribution in [0.4, 0.5) is 0 Å². The molecule has 2 heterocycles. The highest BCUT2D eigenvalue weighted by molar-refractivity contribution is 7.91. The molecule has 2 saturated heterocycles. The minimum atomic E-state index is -3.04. The first kappa shape index (κ1) is 15.0. The van der Waals surface area contributed by atoms with Crippen LogP contribution in [0.15, 0.2) is 0 Å². The molecular formula is C12H18N2O5S. The first-order valence-corrected chi connectivity index (χ1v) is 8.29. The predicted octanol–water partition coefficient (Wildman–Crippen LogP) is -0.925. The molecule has 2 aliphatic heterocycles. The van der Waals surface area contributed by atoms with Crippen LogP contribution in [-0.2, 0) is 24.2 Å². The van der Waals surface area contributed by atoms with Crippen molar-refractivity contribution >= 4 is 27.6 Å². The summed E-state index contributed by atoms with van der Waals surface area (Å²) >= 11 is 0. The van der Waals surface area contributed by atoms with Gasteiger partial charge in [-0.25, -0.2) is 8.42 Å². The van der Waals surface area contributed by atoms with E-state index in [1.54, 1.807) is 13.8 Å². The van der Waals surface area contributed by atoms with E-state index in [1.165, 1.54) is 4.90 Å². The van der Waals surface area contributed by atoms with Crippen LogP contribution in [0.5, 0.6) is 0 Å². The number of rotatable bonds is 2. The Bertz CT molecular complexity index is 566. The van der Waals surface area contributed by atoms with Gasteiger partial charge in [0, 0.05) is 6.42 Å². The van der Waals surface area contributed by atoms with Crippen LogP contribution in [0.3, 0.4) is 0 Å². The molecule has 2 rings (SSSR count). The Balaban J connectivity index is 2.08. The maximum Gasteiger partial charge on any atom is 0.252 e. The Hall–Kier alpha value is -1.44. The number of hydrogen-bond acceptors (Lipinski definition) is 5. The molecule has 8 heteroatoms.